The van der Waals surface area contributed by atoms with Gasteiger partial charge < -0.3 is 9.84 Å². The third kappa shape index (κ3) is 1.89. The van der Waals surface area contributed by atoms with Crippen LogP contribution in [0.2, 0.25) is 5.02 Å². The van der Waals surface area contributed by atoms with E-state index in [9.17, 15) is 9.59 Å². The Morgan fingerprint density at radius 1 is 1.41 bits per heavy atom. The average Bonchev–Trinajstić information content (AvgIpc) is 2.76. The Kier molecular flexibility index (Phi) is 3.07. The van der Waals surface area contributed by atoms with E-state index in [0.29, 0.717) is 5.02 Å². The Balaban J connectivity index is 2.63. The van der Waals surface area contributed by atoms with Gasteiger partial charge in [-0.15, -0.1) is 0 Å². The minimum Gasteiger partial charge on any atom is -0.494 e. The number of Topliss-reactive ketones (excluding diaryl/α,β-unsaturated/α-hetero) is 1. The summed E-state index contributed by atoms with van der Waals surface area (Å²) in [6, 6.07) is 1.59. The highest BCUT2D eigenvalue weighted by atomic mass is 35.5. The first-order valence-electron chi connectivity index (χ1n) is 5.22. The summed E-state index contributed by atoms with van der Waals surface area (Å²) < 4.78 is 5.06. The zero-order valence-corrected chi connectivity index (χ0v) is 10.0. The molecule has 0 fully saturated rings. The monoisotopic (exact) mass is 254 g/mol. The number of rotatable bonds is 3. The smallest absolute Gasteiger partial charge is 0.377 e. The molecule has 0 saturated carbocycles. The van der Waals surface area contributed by atoms with Crippen LogP contribution in [0.25, 0.3) is 0 Å². The van der Waals surface area contributed by atoms with E-state index < -0.39 is 11.8 Å². The van der Waals surface area contributed by atoms with Crippen LogP contribution in [0.4, 0.5) is 0 Å². The summed E-state index contributed by atoms with van der Waals surface area (Å²) in [6.07, 6.45) is 2.62. The van der Waals surface area contributed by atoms with Crippen LogP contribution in [0, 0.1) is 0 Å². The predicted molar refractivity (Wildman–Crippen MR) is 62.0 cm³/mol. The van der Waals surface area contributed by atoms with Crippen molar-refractivity contribution >= 4 is 23.4 Å². The Labute approximate surface area is 103 Å². The van der Waals surface area contributed by atoms with E-state index in [1.165, 1.54) is 7.11 Å². The number of hydrogen-bond acceptors (Lipinski definition) is 3. The summed E-state index contributed by atoms with van der Waals surface area (Å²) in [4.78, 5) is 22.3. The van der Waals surface area contributed by atoms with Crippen LogP contribution in [0.15, 0.2) is 6.07 Å². The molecule has 0 radical (unpaired) electrons. The average molecular weight is 255 g/mol. The minimum absolute atomic E-state index is 0.0330. The standard InChI is InChI=1S/C12H11ClO4/c1-17-11-8(10(14)12(15)16)5-6-3-2-4-7(6)9(11)13/h5H,2-4H2,1H3,(H,15,16). The van der Waals surface area contributed by atoms with E-state index in [-0.39, 0.29) is 11.3 Å². The summed E-state index contributed by atoms with van der Waals surface area (Å²) >= 11 is 6.14. The molecule has 0 spiro atoms. The first-order valence-corrected chi connectivity index (χ1v) is 5.60. The Morgan fingerprint density at radius 2 is 2.12 bits per heavy atom. The molecule has 0 heterocycles. The number of ketones is 1. The lowest BCUT2D eigenvalue weighted by Gasteiger charge is -2.12. The minimum atomic E-state index is -1.50. The van der Waals surface area contributed by atoms with E-state index >= 15 is 0 Å². The number of aryl methyl sites for hydroxylation is 1. The SMILES string of the molecule is COc1c(C(=O)C(=O)O)cc2c(c1Cl)CCC2. The van der Waals surface area contributed by atoms with E-state index in [0.717, 1.165) is 30.4 Å². The lowest BCUT2D eigenvalue weighted by Crippen LogP contribution is -2.14. The second-order valence-electron chi connectivity index (χ2n) is 3.90. The summed E-state index contributed by atoms with van der Waals surface area (Å²) in [6.45, 7) is 0. The van der Waals surface area contributed by atoms with Gasteiger partial charge in [0.25, 0.3) is 5.78 Å². The van der Waals surface area contributed by atoms with Crippen molar-refractivity contribution in [3.8, 4) is 5.75 Å². The largest absolute Gasteiger partial charge is 0.494 e. The Morgan fingerprint density at radius 3 is 2.71 bits per heavy atom. The third-order valence-electron chi connectivity index (χ3n) is 2.93. The van der Waals surface area contributed by atoms with E-state index in [2.05, 4.69) is 0 Å². The second kappa shape index (κ2) is 4.37. The highest BCUT2D eigenvalue weighted by Gasteiger charge is 2.26. The fourth-order valence-corrected chi connectivity index (χ4v) is 2.55. The number of ether oxygens (including phenoxy) is 1. The van der Waals surface area contributed by atoms with Crippen LogP contribution < -0.4 is 4.74 Å². The molecule has 1 aromatic rings. The number of methoxy groups -OCH3 is 1. The van der Waals surface area contributed by atoms with Crippen LogP contribution in [0.5, 0.6) is 5.75 Å². The van der Waals surface area contributed by atoms with Crippen molar-refractivity contribution in [1.82, 2.24) is 0 Å². The lowest BCUT2D eigenvalue weighted by atomic mass is 10.0. The van der Waals surface area contributed by atoms with E-state index in [4.69, 9.17) is 21.4 Å². The first kappa shape index (κ1) is 11.9. The number of carboxylic acid groups (broad SMARTS) is 1. The Hall–Kier alpha value is -1.55. The number of hydrogen-bond donors (Lipinski definition) is 1. The Bertz CT molecular complexity index is 508. The summed E-state index contributed by atoms with van der Waals surface area (Å²) in [7, 11) is 1.38. The second-order valence-corrected chi connectivity index (χ2v) is 4.27. The number of halogens is 1. The molecule has 0 aliphatic heterocycles. The molecule has 4 nitrogen and oxygen atoms in total. The van der Waals surface area contributed by atoms with Crippen LogP contribution in [0.1, 0.15) is 27.9 Å². The summed E-state index contributed by atoms with van der Waals surface area (Å²) in [5.74, 6) is -2.32. The van der Waals surface area contributed by atoms with Crippen LogP contribution in [0.3, 0.4) is 0 Å². The van der Waals surface area contributed by atoms with E-state index in [1.807, 2.05) is 0 Å². The molecule has 0 unspecified atom stereocenters. The number of fused-ring (bicyclic) bond motifs is 1. The molecule has 90 valence electrons. The number of carboxylic acids is 1. The van der Waals surface area contributed by atoms with Gasteiger partial charge in [-0.2, -0.15) is 0 Å². The molecular weight excluding hydrogens is 244 g/mol. The third-order valence-corrected chi connectivity index (χ3v) is 3.33. The maximum absolute atomic E-state index is 11.5. The molecule has 5 heteroatoms. The van der Waals surface area contributed by atoms with Crippen LogP contribution in [-0.2, 0) is 17.6 Å². The predicted octanol–water partition coefficient (Wildman–Crippen LogP) is 2.10. The van der Waals surface area contributed by atoms with Gasteiger partial charge in [0, 0.05) is 0 Å². The van der Waals surface area contributed by atoms with Crippen molar-refractivity contribution in [2.75, 3.05) is 7.11 Å². The normalized spacial score (nSPS) is 13.3. The molecule has 0 bridgehead atoms. The molecule has 1 aliphatic carbocycles. The molecule has 0 atom stereocenters. The molecule has 1 aliphatic rings. The van der Waals surface area contributed by atoms with Gasteiger partial charge in [0.15, 0.2) is 0 Å². The van der Waals surface area contributed by atoms with Crippen molar-refractivity contribution in [3.63, 3.8) is 0 Å². The zero-order valence-electron chi connectivity index (χ0n) is 9.25. The zero-order chi connectivity index (χ0) is 12.6. The molecule has 17 heavy (non-hydrogen) atoms. The van der Waals surface area contributed by atoms with Crippen molar-refractivity contribution in [2.45, 2.75) is 19.3 Å². The topological polar surface area (TPSA) is 63.6 Å². The molecule has 1 aromatic carbocycles. The summed E-state index contributed by atoms with van der Waals surface area (Å²) in [5, 5.41) is 9.11. The molecule has 0 aromatic heterocycles. The van der Waals surface area contributed by atoms with Gasteiger partial charge in [0.05, 0.1) is 17.7 Å². The van der Waals surface area contributed by atoms with Gasteiger partial charge in [0.1, 0.15) is 5.75 Å². The highest BCUT2D eigenvalue weighted by Crippen LogP contribution is 2.38. The fraction of sp³-hybridized carbons (Fsp3) is 0.333. The van der Waals surface area contributed by atoms with Crippen LogP contribution in [-0.4, -0.2) is 24.0 Å². The van der Waals surface area contributed by atoms with Gasteiger partial charge in [0.2, 0.25) is 0 Å². The fourth-order valence-electron chi connectivity index (χ4n) is 2.16. The van der Waals surface area contributed by atoms with Crippen molar-refractivity contribution in [3.05, 3.63) is 27.8 Å². The summed E-state index contributed by atoms with van der Waals surface area (Å²) in [5.41, 5.74) is 1.94. The number of carbonyl (C=O) groups excluding carboxylic acids is 1. The quantitative estimate of drug-likeness (QED) is 0.663. The molecule has 0 amide bonds. The lowest BCUT2D eigenvalue weighted by molar-refractivity contribution is -0.131. The van der Waals surface area contributed by atoms with Gasteiger partial charge in [-0.05, 0) is 36.5 Å². The molecule has 1 N–H and O–H groups in total. The first-order chi connectivity index (χ1) is 8.06. The van der Waals surface area contributed by atoms with Gasteiger partial charge in [-0.1, -0.05) is 11.6 Å². The van der Waals surface area contributed by atoms with Crippen molar-refractivity contribution in [2.24, 2.45) is 0 Å². The van der Waals surface area contributed by atoms with Crippen molar-refractivity contribution in [1.29, 1.82) is 0 Å². The van der Waals surface area contributed by atoms with E-state index in [1.54, 1.807) is 6.07 Å². The number of carbonyl (C=O) groups is 2. The molecular formula is C12H11ClO4. The highest BCUT2D eigenvalue weighted by molar-refractivity contribution is 6.42. The van der Waals surface area contributed by atoms with Gasteiger partial charge in [-0.25, -0.2) is 4.79 Å². The maximum atomic E-state index is 11.5. The number of aliphatic carboxylic acids is 1. The maximum Gasteiger partial charge on any atom is 0.377 e. The molecule has 2 rings (SSSR count). The number of benzene rings is 1. The molecule has 0 saturated heterocycles. The van der Waals surface area contributed by atoms with Gasteiger partial charge in [-0.3, -0.25) is 4.79 Å². The van der Waals surface area contributed by atoms with Gasteiger partial charge >= 0.3 is 5.97 Å². The van der Waals surface area contributed by atoms with Crippen LogP contribution >= 0.6 is 11.6 Å². The van der Waals surface area contributed by atoms with Crippen molar-refractivity contribution < 1.29 is 19.4 Å².